The quantitative estimate of drug-likeness (QED) is 0.815. The Hall–Kier alpha value is -2.10. The van der Waals surface area contributed by atoms with Crippen molar-refractivity contribution in [2.24, 2.45) is 0 Å². The first-order valence-electron chi connectivity index (χ1n) is 8.53. The number of halogens is 3. The summed E-state index contributed by atoms with van der Waals surface area (Å²) in [7, 11) is 0. The van der Waals surface area contributed by atoms with Gasteiger partial charge in [-0.05, 0) is 25.1 Å². The summed E-state index contributed by atoms with van der Waals surface area (Å²) < 4.78 is 43.9. The molecular formula is C18H18F3N3O2S. The van der Waals surface area contributed by atoms with Crippen LogP contribution in [0.25, 0.3) is 11.6 Å². The number of aromatic nitrogens is 1. The molecule has 27 heavy (non-hydrogen) atoms. The van der Waals surface area contributed by atoms with Gasteiger partial charge in [-0.15, -0.1) is 11.3 Å². The van der Waals surface area contributed by atoms with Crippen LogP contribution < -0.4 is 15.0 Å². The number of fused-ring (bicyclic) bond motifs is 1. The van der Waals surface area contributed by atoms with Gasteiger partial charge in [0.2, 0.25) is 6.29 Å². The highest BCUT2D eigenvalue weighted by Gasteiger charge is 2.35. The van der Waals surface area contributed by atoms with Crippen LogP contribution in [0.3, 0.4) is 0 Å². The minimum Gasteiger partial charge on any atom is -0.460 e. The summed E-state index contributed by atoms with van der Waals surface area (Å²) in [5.74, 6) is 0.502. The Balaban J connectivity index is 1.63. The van der Waals surface area contributed by atoms with Crippen LogP contribution >= 0.6 is 11.3 Å². The van der Waals surface area contributed by atoms with Crippen LogP contribution in [-0.4, -0.2) is 42.1 Å². The molecule has 2 aliphatic heterocycles. The molecule has 0 radical (unpaired) electrons. The van der Waals surface area contributed by atoms with E-state index in [4.69, 9.17) is 4.74 Å². The fraction of sp³-hybridized carbons (Fsp3) is 0.389. The molecule has 2 aromatic rings. The second kappa shape index (κ2) is 6.81. The van der Waals surface area contributed by atoms with Crippen LogP contribution in [0.5, 0.6) is 5.75 Å². The molecule has 1 saturated heterocycles. The largest absolute Gasteiger partial charge is 0.460 e. The molecule has 2 atom stereocenters. The number of ether oxygens (including phenoxy) is 1. The van der Waals surface area contributed by atoms with E-state index >= 15 is 0 Å². The second-order valence-corrected chi connectivity index (χ2v) is 7.49. The number of nitrogens with zero attached hydrogens (tertiary/aromatic N) is 2. The number of thiazole rings is 1. The number of alkyl halides is 3. The number of hydrogen-bond donors (Lipinski definition) is 2. The summed E-state index contributed by atoms with van der Waals surface area (Å²) in [5, 5.41) is 14.7. The Bertz CT molecular complexity index is 881. The SMILES string of the molecule is C[C@@H]1CN(c2ccc3c(c2)OC(O)C(c2nc(C(F)(F)F)cs2)=C3)CCN1. The van der Waals surface area contributed by atoms with Gasteiger partial charge in [-0.1, -0.05) is 0 Å². The zero-order valence-corrected chi connectivity index (χ0v) is 15.3. The van der Waals surface area contributed by atoms with E-state index < -0.39 is 18.2 Å². The fourth-order valence-corrected chi connectivity index (χ4v) is 4.09. The van der Waals surface area contributed by atoms with Crippen LogP contribution in [0, 0.1) is 0 Å². The van der Waals surface area contributed by atoms with Gasteiger partial charge < -0.3 is 20.1 Å². The van der Waals surface area contributed by atoms with Crippen molar-refractivity contribution >= 4 is 28.7 Å². The molecule has 1 aromatic heterocycles. The number of piperazine rings is 1. The van der Waals surface area contributed by atoms with Crippen molar-refractivity contribution in [2.75, 3.05) is 24.5 Å². The normalized spacial score (nSPS) is 22.9. The summed E-state index contributed by atoms with van der Waals surface area (Å²) in [6, 6.07) is 6.03. The summed E-state index contributed by atoms with van der Waals surface area (Å²) >= 11 is 0.833. The van der Waals surface area contributed by atoms with Crippen molar-refractivity contribution in [1.82, 2.24) is 10.3 Å². The van der Waals surface area contributed by atoms with Crippen molar-refractivity contribution in [1.29, 1.82) is 0 Å². The van der Waals surface area contributed by atoms with Crippen molar-refractivity contribution in [3.8, 4) is 5.75 Å². The van der Waals surface area contributed by atoms with Crippen molar-refractivity contribution in [3.63, 3.8) is 0 Å². The van der Waals surface area contributed by atoms with E-state index in [1.165, 1.54) is 0 Å². The molecular weight excluding hydrogens is 379 g/mol. The van der Waals surface area contributed by atoms with Crippen LogP contribution in [0.4, 0.5) is 18.9 Å². The Morgan fingerprint density at radius 1 is 1.37 bits per heavy atom. The van der Waals surface area contributed by atoms with Gasteiger partial charge in [0, 0.05) is 48.4 Å². The van der Waals surface area contributed by atoms with Gasteiger partial charge in [0.1, 0.15) is 10.8 Å². The zero-order valence-electron chi connectivity index (χ0n) is 14.5. The summed E-state index contributed by atoms with van der Waals surface area (Å²) in [5.41, 5.74) is 0.946. The van der Waals surface area contributed by atoms with Crippen molar-refractivity contribution < 1.29 is 23.0 Å². The molecule has 5 nitrogen and oxygen atoms in total. The number of nitrogens with one attached hydrogen (secondary N) is 1. The molecule has 0 aliphatic carbocycles. The van der Waals surface area contributed by atoms with Gasteiger partial charge in [0.05, 0.1) is 5.57 Å². The number of aliphatic hydroxyl groups is 1. The molecule has 3 heterocycles. The topological polar surface area (TPSA) is 57.6 Å². The molecule has 0 bridgehead atoms. The van der Waals surface area contributed by atoms with Crippen molar-refractivity contribution in [3.05, 3.63) is 39.8 Å². The molecule has 144 valence electrons. The molecule has 4 rings (SSSR count). The van der Waals surface area contributed by atoms with Crippen LogP contribution in [0.1, 0.15) is 23.2 Å². The number of benzene rings is 1. The smallest absolute Gasteiger partial charge is 0.434 e. The van der Waals surface area contributed by atoms with E-state index in [1.54, 1.807) is 6.08 Å². The second-order valence-electron chi connectivity index (χ2n) is 6.63. The van der Waals surface area contributed by atoms with Gasteiger partial charge in [-0.25, -0.2) is 4.98 Å². The van der Waals surface area contributed by atoms with Gasteiger partial charge in [0.25, 0.3) is 0 Å². The number of hydrogen-bond acceptors (Lipinski definition) is 6. The molecule has 2 N–H and O–H groups in total. The summed E-state index contributed by atoms with van der Waals surface area (Å²) in [6.45, 7) is 4.73. The first kappa shape index (κ1) is 18.3. The fourth-order valence-electron chi connectivity index (χ4n) is 3.23. The van der Waals surface area contributed by atoms with Gasteiger partial charge >= 0.3 is 6.18 Å². The zero-order chi connectivity index (χ0) is 19.2. The van der Waals surface area contributed by atoms with Crippen LogP contribution in [-0.2, 0) is 6.18 Å². The molecule has 2 aliphatic rings. The Kier molecular flexibility index (Phi) is 4.61. The van der Waals surface area contributed by atoms with Gasteiger partial charge in [-0.2, -0.15) is 13.2 Å². The first-order chi connectivity index (χ1) is 12.8. The minimum atomic E-state index is -4.51. The Labute approximate surface area is 158 Å². The standard InChI is InChI=1S/C18H18F3N3O2S/c1-10-8-24(5-4-22-10)12-3-2-11-6-13(17(25)26-14(11)7-12)16-23-15(9-27-16)18(19,20)21/h2-3,6-7,9-10,17,22,25H,4-5,8H2,1H3/t10-,17?/m1/s1. The third kappa shape index (κ3) is 3.67. The average molecular weight is 397 g/mol. The van der Waals surface area contributed by atoms with Crippen LogP contribution in [0.2, 0.25) is 0 Å². The summed E-state index contributed by atoms with van der Waals surface area (Å²) in [6.07, 6.45) is -4.24. The maximum absolute atomic E-state index is 12.8. The lowest BCUT2D eigenvalue weighted by Crippen LogP contribution is -2.49. The molecule has 1 unspecified atom stereocenters. The van der Waals surface area contributed by atoms with Gasteiger partial charge in [-0.3, -0.25) is 0 Å². The lowest BCUT2D eigenvalue weighted by atomic mass is 10.1. The molecule has 1 fully saturated rings. The monoisotopic (exact) mass is 397 g/mol. The predicted molar refractivity (Wildman–Crippen MR) is 97.7 cm³/mol. The Morgan fingerprint density at radius 2 is 2.19 bits per heavy atom. The number of aliphatic hydroxyl groups excluding tert-OH is 1. The highest BCUT2D eigenvalue weighted by molar-refractivity contribution is 7.10. The van der Waals surface area contributed by atoms with E-state index in [0.29, 0.717) is 17.4 Å². The third-order valence-corrected chi connectivity index (χ3v) is 5.48. The first-order valence-corrected chi connectivity index (χ1v) is 9.41. The molecule has 0 spiro atoms. The maximum Gasteiger partial charge on any atom is 0.434 e. The number of anilines is 1. The lowest BCUT2D eigenvalue weighted by molar-refractivity contribution is -0.140. The van der Waals surface area contributed by atoms with E-state index in [-0.39, 0.29) is 10.6 Å². The molecule has 1 aromatic carbocycles. The highest BCUT2D eigenvalue weighted by Crippen LogP contribution is 2.38. The lowest BCUT2D eigenvalue weighted by Gasteiger charge is -2.34. The number of rotatable bonds is 2. The summed E-state index contributed by atoms with van der Waals surface area (Å²) in [4.78, 5) is 5.83. The van der Waals surface area contributed by atoms with E-state index in [2.05, 4.69) is 22.1 Å². The van der Waals surface area contributed by atoms with Crippen LogP contribution in [0.15, 0.2) is 23.6 Å². The average Bonchev–Trinajstić information content (AvgIpc) is 3.11. The predicted octanol–water partition coefficient (Wildman–Crippen LogP) is 3.21. The Morgan fingerprint density at radius 3 is 2.89 bits per heavy atom. The third-order valence-electron chi connectivity index (χ3n) is 4.59. The van der Waals surface area contributed by atoms with Gasteiger partial charge in [0.15, 0.2) is 5.69 Å². The molecule has 9 heteroatoms. The van der Waals surface area contributed by atoms with Crippen molar-refractivity contribution in [2.45, 2.75) is 25.4 Å². The molecule has 0 amide bonds. The van der Waals surface area contributed by atoms with E-state index in [1.807, 2.05) is 18.2 Å². The van der Waals surface area contributed by atoms with E-state index in [9.17, 15) is 18.3 Å². The van der Waals surface area contributed by atoms with E-state index in [0.717, 1.165) is 42.0 Å². The minimum absolute atomic E-state index is 0.0977. The molecule has 0 saturated carbocycles. The maximum atomic E-state index is 12.8. The highest BCUT2D eigenvalue weighted by atomic mass is 32.1.